The van der Waals surface area contributed by atoms with E-state index in [1.807, 2.05) is 27.8 Å². The van der Waals surface area contributed by atoms with Gasteiger partial charge in [0.1, 0.15) is 11.8 Å². The van der Waals surface area contributed by atoms with Crippen molar-refractivity contribution in [2.45, 2.75) is 45.4 Å². The summed E-state index contributed by atoms with van der Waals surface area (Å²) in [5.74, 6) is -0.0501. The topological polar surface area (TPSA) is 41.6 Å². The minimum atomic E-state index is -0.843. The molecule has 0 saturated carbocycles. The molecule has 2 atom stereocenters. The van der Waals surface area contributed by atoms with E-state index in [1.54, 1.807) is 4.90 Å². The van der Waals surface area contributed by atoms with Crippen molar-refractivity contribution in [1.82, 2.24) is 10.2 Å². The number of carbonyl (C=O) groups excluding carboxylic acids is 1. The monoisotopic (exact) mass is 260 g/mol. The molecule has 1 saturated heterocycles. The molecule has 0 aromatic rings. The van der Waals surface area contributed by atoms with Gasteiger partial charge in [-0.25, -0.2) is 9.18 Å². The number of nitrogens with one attached hydrogen (secondary N) is 1. The smallest absolute Gasteiger partial charge is 0.410 e. The number of hydrogen-bond donors (Lipinski definition) is 1. The molecule has 2 unspecified atom stereocenters. The summed E-state index contributed by atoms with van der Waals surface area (Å²) in [5, 5.41) is 2.94. The molecule has 0 radical (unpaired) electrons. The van der Waals surface area contributed by atoms with E-state index in [2.05, 4.69) is 5.32 Å². The minimum absolute atomic E-state index is 0.0501. The Hall–Kier alpha value is -0.840. The summed E-state index contributed by atoms with van der Waals surface area (Å²) < 4.78 is 19.1. The van der Waals surface area contributed by atoms with Crippen LogP contribution in [0.2, 0.25) is 0 Å². The molecular weight excluding hydrogens is 235 g/mol. The SMILES string of the molecule is CNCCC(F)C1CCN(C(=O)OC(C)(C)C)C1. The summed E-state index contributed by atoms with van der Waals surface area (Å²) >= 11 is 0. The van der Waals surface area contributed by atoms with E-state index >= 15 is 0 Å². The molecule has 1 aliphatic rings. The van der Waals surface area contributed by atoms with Gasteiger partial charge in [-0.15, -0.1) is 0 Å². The second-order valence-electron chi connectivity index (χ2n) is 5.88. The number of likely N-dealkylation sites (tertiary alicyclic amines) is 1. The maximum absolute atomic E-state index is 13.9. The average Bonchev–Trinajstić information content (AvgIpc) is 2.72. The Balaban J connectivity index is 2.38. The van der Waals surface area contributed by atoms with Crippen LogP contribution in [0.3, 0.4) is 0 Å². The lowest BCUT2D eigenvalue weighted by molar-refractivity contribution is 0.0281. The Morgan fingerprint density at radius 1 is 1.56 bits per heavy atom. The second kappa shape index (κ2) is 6.36. The molecule has 18 heavy (non-hydrogen) atoms. The lowest BCUT2D eigenvalue weighted by atomic mass is 10.0. The van der Waals surface area contributed by atoms with Crippen LogP contribution in [0.25, 0.3) is 0 Å². The summed E-state index contributed by atoms with van der Waals surface area (Å²) in [6.07, 6.45) is 0.0590. The van der Waals surface area contributed by atoms with Gasteiger partial charge in [0.05, 0.1) is 0 Å². The first-order chi connectivity index (χ1) is 8.33. The highest BCUT2D eigenvalue weighted by Crippen LogP contribution is 2.25. The predicted octanol–water partition coefficient (Wildman–Crippen LogP) is 2.19. The molecule has 5 heteroatoms. The van der Waals surface area contributed by atoms with E-state index < -0.39 is 11.8 Å². The van der Waals surface area contributed by atoms with E-state index in [1.165, 1.54) is 0 Å². The van der Waals surface area contributed by atoms with Gasteiger partial charge in [0.25, 0.3) is 0 Å². The van der Waals surface area contributed by atoms with Crippen LogP contribution in [-0.4, -0.2) is 49.4 Å². The first kappa shape index (κ1) is 15.2. The molecule has 1 fully saturated rings. The highest BCUT2D eigenvalue weighted by molar-refractivity contribution is 5.68. The molecule has 4 nitrogen and oxygen atoms in total. The van der Waals surface area contributed by atoms with E-state index in [0.717, 1.165) is 6.42 Å². The predicted molar refractivity (Wildman–Crippen MR) is 69.4 cm³/mol. The van der Waals surface area contributed by atoms with Gasteiger partial charge in [-0.3, -0.25) is 0 Å². The Kier molecular flexibility index (Phi) is 5.38. The summed E-state index contributed by atoms with van der Waals surface area (Å²) in [6, 6.07) is 0. The van der Waals surface area contributed by atoms with Crippen LogP contribution >= 0.6 is 0 Å². The van der Waals surface area contributed by atoms with Gasteiger partial charge < -0.3 is 15.0 Å². The number of halogens is 1. The molecule has 0 aliphatic carbocycles. The molecule has 1 aliphatic heterocycles. The normalized spacial score (nSPS) is 22.1. The van der Waals surface area contributed by atoms with Crippen LogP contribution in [0, 0.1) is 5.92 Å². The number of nitrogens with zero attached hydrogens (tertiary/aromatic N) is 1. The number of ether oxygens (including phenoxy) is 1. The average molecular weight is 260 g/mol. The lowest BCUT2D eigenvalue weighted by Gasteiger charge is -2.24. The largest absolute Gasteiger partial charge is 0.444 e. The van der Waals surface area contributed by atoms with Gasteiger partial charge in [-0.2, -0.15) is 0 Å². The standard InChI is InChI=1S/C13H25FN2O2/c1-13(2,3)18-12(17)16-8-6-10(9-16)11(14)5-7-15-4/h10-11,15H,5-9H2,1-4H3. The number of carbonyl (C=O) groups is 1. The Morgan fingerprint density at radius 3 is 2.78 bits per heavy atom. The fourth-order valence-corrected chi connectivity index (χ4v) is 2.09. The van der Waals surface area contributed by atoms with Gasteiger partial charge in [0.2, 0.25) is 0 Å². The van der Waals surface area contributed by atoms with E-state index in [0.29, 0.717) is 26.1 Å². The molecule has 0 bridgehead atoms. The number of amides is 1. The zero-order valence-electron chi connectivity index (χ0n) is 11.8. The first-order valence-corrected chi connectivity index (χ1v) is 6.60. The molecule has 1 N–H and O–H groups in total. The molecule has 1 amide bonds. The molecule has 0 aromatic heterocycles. The van der Waals surface area contributed by atoms with Crippen molar-refractivity contribution < 1.29 is 13.9 Å². The van der Waals surface area contributed by atoms with Crippen LogP contribution < -0.4 is 5.32 Å². The Labute approximate surface area is 109 Å². The molecule has 1 heterocycles. The highest BCUT2D eigenvalue weighted by atomic mass is 19.1. The van der Waals surface area contributed by atoms with Crippen LogP contribution in [0.1, 0.15) is 33.6 Å². The highest BCUT2D eigenvalue weighted by Gasteiger charge is 2.33. The molecular formula is C13H25FN2O2. The van der Waals surface area contributed by atoms with Crippen molar-refractivity contribution in [1.29, 1.82) is 0 Å². The van der Waals surface area contributed by atoms with E-state index in [4.69, 9.17) is 4.74 Å². The Morgan fingerprint density at radius 2 is 2.22 bits per heavy atom. The van der Waals surface area contributed by atoms with Crippen LogP contribution in [-0.2, 0) is 4.74 Å². The quantitative estimate of drug-likeness (QED) is 0.842. The second-order valence-corrected chi connectivity index (χ2v) is 5.88. The van der Waals surface area contributed by atoms with Crippen molar-refractivity contribution in [3.63, 3.8) is 0 Å². The summed E-state index contributed by atoms with van der Waals surface area (Å²) in [6.45, 7) is 7.25. The van der Waals surface area contributed by atoms with Crippen molar-refractivity contribution >= 4 is 6.09 Å². The van der Waals surface area contributed by atoms with Crippen LogP contribution in [0.15, 0.2) is 0 Å². The minimum Gasteiger partial charge on any atom is -0.444 e. The zero-order valence-corrected chi connectivity index (χ0v) is 11.8. The third kappa shape index (κ3) is 4.80. The number of rotatable bonds is 4. The van der Waals surface area contributed by atoms with E-state index in [9.17, 15) is 9.18 Å². The number of alkyl halides is 1. The van der Waals surface area contributed by atoms with Gasteiger partial charge in [-0.05, 0) is 47.2 Å². The fraction of sp³-hybridized carbons (Fsp3) is 0.923. The summed E-state index contributed by atoms with van der Waals surface area (Å²) in [5.41, 5.74) is -0.490. The lowest BCUT2D eigenvalue weighted by Crippen LogP contribution is -2.36. The molecule has 1 rings (SSSR count). The van der Waals surface area contributed by atoms with E-state index in [-0.39, 0.29) is 12.0 Å². The maximum atomic E-state index is 13.9. The van der Waals surface area contributed by atoms with Gasteiger partial charge in [-0.1, -0.05) is 0 Å². The molecule has 106 valence electrons. The number of hydrogen-bond acceptors (Lipinski definition) is 3. The van der Waals surface area contributed by atoms with Gasteiger partial charge in [0, 0.05) is 19.0 Å². The van der Waals surface area contributed by atoms with Crippen molar-refractivity contribution in [3.8, 4) is 0 Å². The third-order valence-corrected chi connectivity index (χ3v) is 3.06. The van der Waals surface area contributed by atoms with Crippen LogP contribution in [0.4, 0.5) is 9.18 Å². The zero-order chi connectivity index (χ0) is 13.8. The summed E-state index contributed by atoms with van der Waals surface area (Å²) in [4.78, 5) is 13.4. The van der Waals surface area contributed by atoms with Crippen molar-refractivity contribution in [2.24, 2.45) is 5.92 Å². The van der Waals surface area contributed by atoms with Gasteiger partial charge in [0.15, 0.2) is 0 Å². The van der Waals surface area contributed by atoms with Gasteiger partial charge >= 0.3 is 6.09 Å². The third-order valence-electron chi connectivity index (χ3n) is 3.06. The molecule has 0 aromatic carbocycles. The maximum Gasteiger partial charge on any atom is 0.410 e. The van der Waals surface area contributed by atoms with Crippen LogP contribution in [0.5, 0.6) is 0 Å². The molecule has 0 spiro atoms. The van der Waals surface area contributed by atoms with Crippen molar-refractivity contribution in [2.75, 3.05) is 26.7 Å². The fourth-order valence-electron chi connectivity index (χ4n) is 2.09. The first-order valence-electron chi connectivity index (χ1n) is 6.60. The summed E-state index contributed by atoms with van der Waals surface area (Å²) in [7, 11) is 1.81. The van der Waals surface area contributed by atoms with Crippen molar-refractivity contribution in [3.05, 3.63) is 0 Å². The Bertz CT molecular complexity index is 279.